The van der Waals surface area contributed by atoms with Gasteiger partial charge >= 0.3 is 0 Å². The molecule has 0 unspecified atom stereocenters. The maximum Gasteiger partial charge on any atom is 0.236 e. The Bertz CT molecular complexity index is 765. The van der Waals surface area contributed by atoms with Crippen LogP contribution in [0.3, 0.4) is 0 Å². The van der Waals surface area contributed by atoms with Crippen LogP contribution < -0.4 is 20.7 Å². The van der Waals surface area contributed by atoms with Crippen LogP contribution in [0, 0.1) is 5.82 Å². The van der Waals surface area contributed by atoms with Crippen LogP contribution in [0.4, 0.5) is 27.9 Å². The highest BCUT2D eigenvalue weighted by atomic mass is 19.1. The van der Waals surface area contributed by atoms with Crippen LogP contribution in [0.15, 0.2) is 18.2 Å². The number of benzene rings is 1. The number of nitrogens with one attached hydrogen (secondary N) is 1. The zero-order valence-corrected chi connectivity index (χ0v) is 15.2. The average Bonchev–Trinajstić information content (AvgIpc) is 2.63. The highest BCUT2D eigenvalue weighted by Gasteiger charge is 2.28. The molecule has 0 aliphatic carbocycles. The van der Waals surface area contributed by atoms with E-state index in [-0.39, 0.29) is 17.7 Å². The quantitative estimate of drug-likeness (QED) is 0.834. The number of rotatable bonds is 5. The minimum atomic E-state index is -0.432. The van der Waals surface area contributed by atoms with Crippen molar-refractivity contribution in [2.45, 2.75) is 18.9 Å². The number of methoxy groups -OCH3 is 1. The lowest BCUT2D eigenvalue weighted by molar-refractivity contribution is 0.254. The summed E-state index contributed by atoms with van der Waals surface area (Å²) < 4.78 is 19.4. The van der Waals surface area contributed by atoms with Crippen molar-refractivity contribution in [1.82, 2.24) is 19.9 Å². The van der Waals surface area contributed by atoms with Crippen LogP contribution in [0.25, 0.3) is 0 Å². The summed E-state index contributed by atoms with van der Waals surface area (Å²) in [5.41, 5.74) is 6.50. The molecule has 0 radical (unpaired) electrons. The van der Waals surface area contributed by atoms with Crippen LogP contribution in [-0.2, 0) is 0 Å². The third-order valence-corrected chi connectivity index (χ3v) is 4.55. The minimum absolute atomic E-state index is 0.117. The van der Waals surface area contributed by atoms with E-state index in [1.807, 2.05) is 4.90 Å². The molecule has 1 aromatic heterocycles. The summed E-state index contributed by atoms with van der Waals surface area (Å²) in [5, 5.41) is 2.88. The molecule has 26 heavy (non-hydrogen) atoms. The van der Waals surface area contributed by atoms with Gasteiger partial charge in [0.2, 0.25) is 17.8 Å². The molecule has 3 N–H and O–H groups in total. The van der Waals surface area contributed by atoms with Crippen LogP contribution in [0.2, 0.25) is 0 Å². The molecular weight excluding hydrogens is 337 g/mol. The largest absolute Gasteiger partial charge is 0.494 e. The number of piperidine rings is 1. The van der Waals surface area contributed by atoms with E-state index < -0.39 is 5.82 Å². The highest BCUT2D eigenvalue weighted by Crippen LogP contribution is 2.32. The summed E-state index contributed by atoms with van der Waals surface area (Å²) in [6.45, 7) is 1.89. The van der Waals surface area contributed by atoms with Crippen LogP contribution >= 0.6 is 0 Å². The molecule has 2 aromatic rings. The van der Waals surface area contributed by atoms with E-state index in [1.165, 1.54) is 13.2 Å². The first-order chi connectivity index (χ1) is 12.5. The van der Waals surface area contributed by atoms with E-state index in [9.17, 15) is 4.39 Å². The van der Waals surface area contributed by atoms with E-state index in [2.05, 4.69) is 32.2 Å². The Morgan fingerprint density at radius 1 is 1.27 bits per heavy atom. The van der Waals surface area contributed by atoms with Gasteiger partial charge in [-0.1, -0.05) is 0 Å². The lowest BCUT2D eigenvalue weighted by atomic mass is 10.0. The molecule has 0 bridgehead atoms. The summed E-state index contributed by atoms with van der Waals surface area (Å²) in [4.78, 5) is 17.0. The number of nitrogens with zero attached hydrogens (tertiary/aromatic N) is 5. The first-order valence-electron chi connectivity index (χ1n) is 8.52. The van der Waals surface area contributed by atoms with Crippen molar-refractivity contribution < 1.29 is 9.13 Å². The van der Waals surface area contributed by atoms with Crippen molar-refractivity contribution in [2.24, 2.45) is 0 Å². The van der Waals surface area contributed by atoms with Crippen molar-refractivity contribution in [3.63, 3.8) is 0 Å². The zero-order valence-electron chi connectivity index (χ0n) is 15.2. The summed E-state index contributed by atoms with van der Waals surface area (Å²) in [7, 11) is 5.25. The van der Waals surface area contributed by atoms with Gasteiger partial charge in [0.25, 0.3) is 0 Å². The van der Waals surface area contributed by atoms with Gasteiger partial charge in [0.1, 0.15) is 0 Å². The molecule has 0 saturated carbocycles. The summed E-state index contributed by atoms with van der Waals surface area (Å²) >= 11 is 0. The van der Waals surface area contributed by atoms with Crippen molar-refractivity contribution in [3.8, 4) is 5.75 Å². The first kappa shape index (κ1) is 18.1. The average molecular weight is 361 g/mol. The second-order valence-electron chi connectivity index (χ2n) is 6.29. The maximum atomic E-state index is 14.3. The van der Waals surface area contributed by atoms with Gasteiger partial charge < -0.3 is 25.6 Å². The molecule has 1 aliphatic rings. The molecule has 1 saturated heterocycles. The predicted molar refractivity (Wildman–Crippen MR) is 99.4 cm³/mol. The molecule has 9 heteroatoms. The van der Waals surface area contributed by atoms with Gasteiger partial charge in [-0.25, -0.2) is 4.39 Å². The fourth-order valence-electron chi connectivity index (χ4n) is 3.15. The maximum absolute atomic E-state index is 14.3. The van der Waals surface area contributed by atoms with Crippen LogP contribution in [0.1, 0.15) is 12.8 Å². The lowest BCUT2D eigenvalue weighted by Crippen LogP contribution is -2.42. The third kappa shape index (κ3) is 3.77. The molecule has 1 aromatic carbocycles. The molecule has 0 atom stereocenters. The zero-order chi connectivity index (χ0) is 18.7. The normalized spacial score (nSPS) is 15.7. The fourth-order valence-corrected chi connectivity index (χ4v) is 3.15. The Labute approximate surface area is 152 Å². The fraction of sp³-hybridized carbons (Fsp3) is 0.471. The second-order valence-corrected chi connectivity index (χ2v) is 6.29. The number of likely N-dealkylation sites (tertiary alicyclic amines) is 1. The summed E-state index contributed by atoms with van der Waals surface area (Å²) in [5.74, 6) is 0.661. The van der Waals surface area contributed by atoms with Gasteiger partial charge in [-0.2, -0.15) is 15.0 Å². The Kier molecular flexibility index (Phi) is 5.36. The molecule has 3 rings (SSSR count). The molecule has 140 valence electrons. The van der Waals surface area contributed by atoms with E-state index in [4.69, 9.17) is 10.5 Å². The Morgan fingerprint density at radius 2 is 2.00 bits per heavy atom. The van der Waals surface area contributed by atoms with Gasteiger partial charge in [0, 0.05) is 24.8 Å². The van der Waals surface area contributed by atoms with Crippen molar-refractivity contribution in [2.75, 3.05) is 50.2 Å². The number of anilines is 4. The lowest BCUT2D eigenvalue weighted by Gasteiger charge is -2.37. The number of hydrogen-bond donors (Lipinski definition) is 2. The Hall–Kier alpha value is -2.68. The number of halogens is 1. The monoisotopic (exact) mass is 361 g/mol. The number of hydrogen-bond acceptors (Lipinski definition) is 8. The van der Waals surface area contributed by atoms with Crippen molar-refractivity contribution in [3.05, 3.63) is 24.0 Å². The van der Waals surface area contributed by atoms with E-state index >= 15 is 0 Å². The van der Waals surface area contributed by atoms with E-state index in [0.717, 1.165) is 25.9 Å². The molecule has 2 heterocycles. The molecule has 1 aliphatic heterocycles. The topological polar surface area (TPSA) is 92.4 Å². The number of nitrogens with two attached hydrogens (primary N) is 1. The highest BCUT2D eigenvalue weighted by molar-refractivity contribution is 5.61. The smallest absolute Gasteiger partial charge is 0.236 e. The minimum Gasteiger partial charge on any atom is -0.494 e. The van der Waals surface area contributed by atoms with E-state index in [1.54, 1.807) is 19.2 Å². The molecule has 0 amide bonds. The van der Waals surface area contributed by atoms with Crippen LogP contribution in [0.5, 0.6) is 5.75 Å². The molecule has 0 spiro atoms. The number of ether oxygens (including phenoxy) is 1. The number of nitrogen functional groups attached to an aromatic ring is 1. The van der Waals surface area contributed by atoms with Gasteiger partial charge in [-0.3, -0.25) is 0 Å². The Morgan fingerprint density at radius 3 is 2.62 bits per heavy atom. The summed E-state index contributed by atoms with van der Waals surface area (Å²) in [6.07, 6.45) is 1.81. The molecule has 1 fully saturated rings. The van der Waals surface area contributed by atoms with Crippen LogP contribution in [-0.4, -0.2) is 60.2 Å². The summed E-state index contributed by atoms with van der Waals surface area (Å²) in [6, 6.07) is 4.98. The molecule has 8 nitrogen and oxygen atoms in total. The van der Waals surface area contributed by atoms with Gasteiger partial charge in [-0.05, 0) is 45.1 Å². The standard InChI is InChI=1S/C17H24FN7O/c1-20-16-21-15(19)22-17(23-16)25(11-6-8-24(2)9-7-11)12-4-5-14(26-3)13(18)10-12/h4-5,10-11H,6-9H2,1-3H3,(H3,19,20,21,22,23). The SMILES string of the molecule is CNc1nc(N)nc(N(c2ccc(OC)c(F)c2)C2CCN(C)CC2)n1. The predicted octanol–water partition coefficient (Wildman–Crippen LogP) is 1.88. The van der Waals surface area contributed by atoms with E-state index in [0.29, 0.717) is 17.6 Å². The second kappa shape index (κ2) is 7.69. The number of aromatic nitrogens is 3. The first-order valence-corrected chi connectivity index (χ1v) is 8.52. The Balaban J connectivity index is 2.04. The van der Waals surface area contributed by atoms with Gasteiger partial charge in [0.15, 0.2) is 11.6 Å². The van der Waals surface area contributed by atoms with Crippen molar-refractivity contribution in [1.29, 1.82) is 0 Å². The molecular formula is C17H24FN7O. The van der Waals surface area contributed by atoms with Gasteiger partial charge in [0.05, 0.1) is 7.11 Å². The third-order valence-electron chi connectivity index (χ3n) is 4.55. The van der Waals surface area contributed by atoms with Crippen molar-refractivity contribution >= 4 is 23.5 Å². The van der Waals surface area contributed by atoms with Gasteiger partial charge in [-0.15, -0.1) is 0 Å².